The fraction of sp³-hybridized carbons (Fsp3) is 0.522. The Morgan fingerprint density at radius 2 is 2.07 bits per heavy atom. The Labute approximate surface area is 176 Å². The van der Waals surface area contributed by atoms with Crippen molar-refractivity contribution in [3.8, 4) is 0 Å². The van der Waals surface area contributed by atoms with Crippen LogP contribution in [0.15, 0.2) is 28.8 Å². The van der Waals surface area contributed by atoms with Gasteiger partial charge in [0.1, 0.15) is 11.6 Å². The highest BCUT2D eigenvalue weighted by Gasteiger charge is 2.24. The average Bonchev–Trinajstić information content (AvgIpc) is 3.07. The second-order valence-corrected chi connectivity index (χ2v) is 8.06. The van der Waals surface area contributed by atoms with Gasteiger partial charge in [-0.1, -0.05) is 23.4 Å². The lowest BCUT2D eigenvalue weighted by Crippen LogP contribution is -2.40. The van der Waals surface area contributed by atoms with Crippen LogP contribution in [-0.2, 0) is 22.6 Å². The number of carbonyl (C=O) groups is 2. The fourth-order valence-corrected chi connectivity index (χ4v) is 4.04. The minimum Gasteiger partial charge on any atom is -0.361 e. The number of benzene rings is 1. The quantitative estimate of drug-likeness (QED) is 0.713. The lowest BCUT2D eigenvalue weighted by atomic mass is 9.93. The Balaban J connectivity index is 1.40. The minimum absolute atomic E-state index is 0.0832. The Hall–Kier alpha value is -2.70. The molecule has 6 nitrogen and oxygen atoms in total. The standard InChI is InChI=1S/C23H30FN3O3/c1-16-20(17(2)30-26-16)10-12-23(29)27-13-5-6-18(15-27)9-11-22(28)25-14-19-7-3-4-8-21(19)24/h3-4,7-8,18H,5-6,9-15H2,1-2H3,(H,25,28)/t18-/m0/s1. The SMILES string of the molecule is Cc1noc(C)c1CCC(=O)N1CCC[C@@H](CCC(=O)NCc2ccccc2F)C1. The molecule has 0 unspecified atom stereocenters. The molecule has 1 fully saturated rings. The van der Waals surface area contributed by atoms with Crippen LogP contribution in [0.5, 0.6) is 0 Å². The summed E-state index contributed by atoms with van der Waals surface area (Å²) >= 11 is 0. The summed E-state index contributed by atoms with van der Waals surface area (Å²) in [7, 11) is 0. The van der Waals surface area contributed by atoms with E-state index in [0.29, 0.717) is 37.3 Å². The van der Waals surface area contributed by atoms with Crippen molar-refractivity contribution in [1.29, 1.82) is 0 Å². The van der Waals surface area contributed by atoms with Gasteiger partial charge >= 0.3 is 0 Å². The number of nitrogens with zero attached hydrogens (tertiary/aromatic N) is 2. The molecule has 3 rings (SSSR count). The molecule has 1 aromatic heterocycles. The lowest BCUT2D eigenvalue weighted by molar-refractivity contribution is -0.133. The van der Waals surface area contributed by atoms with Crippen molar-refractivity contribution < 1.29 is 18.5 Å². The summed E-state index contributed by atoms with van der Waals surface area (Å²) in [6, 6.07) is 6.44. The number of aryl methyl sites for hydroxylation is 2. The van der Waals surface area contributed by atoms with Gasteiger partial charge in [0.2, 0.25) is 11.8 Å². The van der Waals surface area contributed by atoms with E-state index in [-0.39, 0.29) is 24.2 Å². The molecule has 1 aromatic carbocycles. The monoisotopic (exact) mass is 415 g/mol. The highest BCUT2D eigenvalue weighted by atomic mass is 19.1. The predicted octanol–water partition coefficient (Wildman–Crippen LogP) is 3.70. The summed E-state index contributed by atoms with van der Waals surface area (Å²) in [4.78, 5) is 26.7. The van der Waals surface area contributed by atoms with E-state index in [2.05, 4.69) is 10.5 Å². The topological polar surface area (TPSA) is 75.4 Å². The summed E-state index contributed by atoms with van der Waals surface area (Å²) in [5.41, 5.74) is 2.35. The molecule has 0 radical (unpaired) electrons. The van der Waals surface area contributed by atoms with E-state index >= 15 is 0 Å². The van der Waals surface area contributed by atoms with E-state index < -0.39 is 0 Å². The summed E-state index contributed by atoms with van der Waals surface area (Å²) < 4.78 is 18.8. The first-order chi connectivity index (χ1) is 14.4. The molecular formula is C23H30FN3O3. The molecule has 0 saturated carbocycles. The zero-order chi connectivity index (χ0) is 21.5. The number of hydrogen-bond donors (Lipinski definition) is 1. The summed E-state index contributed by atoms with van der Waals surface area (Å²) in [5, 5.41) is 6.73. The number of nitrogens with one attached hydrogen (secondary N) is 1. The molecular weight excluding hydrogens is 385 g/mol. The Bertz CT molecular complexity index is 861. The first kappa shape index (κ1) is 22.0. The summed E-state index contributed by atoms with van der Waals surface area (Å²) in [6.45, 7) is 5.43. The van der Waals surface area contributed by atoms with Gasteiger partial charge in [0, 0.05) is 43.6 Å². The molecule has 0 aliphatic carbocycles. The van der Waals surface area contributed by atoms with Crippen LogP contribution in [0.2, 0.25) is 0 Å². The van der Waals surface area contributed by atoms with Crippen LogP contribution in [-0.4, -0.2) is 35.0 Å². The molecule has 2 aromatic rings. The smallest absolute Gasteiger partial charge is 0.222 e. The molecule has 1 N–H and O–H groups in total. The van der Waals surface area contributed by atoms with Gasteiger partial charge in [-0.05, 0) is 51.5 Å². The maximum Gasteiger partial charge on any atom is 0.222 e. The predicted molar refractivity (Wildman–Crippen MR) is 111 cm³/mol. The zero-order valence-corrected chi connectivity index (χ0v) is 17.7. The van der Waals surface area contributed by atoms with E-state index in [9.17, 15) is 14.0 Å². The first-order valence-corrected chi connectivity index (χ1v) is 10.6. The van der Waals surface area contributed by atoms with Crippen LogP contribution in [0.4, 0.5) is 4.39 Å². The van der Waals surface area contributed by atoms with Crippen LogP contribution in [0.3, 0.4) is 0 Å². The van der Waals surface area contributed by atoms with Gasteiger partial charge in [0.15, 0.2) is 0 Å². The number of halogens is 1. The third-order valence-corrected chi connectivity index (χ3v) is 5.86. The van der Waals surface area contributed by atoms with Crippen molar-refractivity contribution in [1.82, 2.24) is 15.4 Å². The number of hydrogen-bond acceptors (Lipinski definition) is 4. The van der Waals surface area contributed by atoms with Gasteiger partial charge in [-0.3, -0.25) is 9.59 Å². The second kappa shape index (κ2) is 10.4. The maximum absolute atomic E-state index is 13.6. The maximum atomic E-state index is 13.6. The fourth-order valence-electron chi connectivity index (χ4n) is 4.04. The van der Waals surface area contributed by atoms with E-state index in [1.165, 1.54) is 6.07 Å². The van der Waals surface area contributed by atoms with Crippen molar-refractivity contribution in [2.75, 3.05) is 13.1 Å². The Kier molecular flexibility index (Phi) is 7.60. The number of likely N-dealkylation sites (tertiary alicyclic amines) is 1. The van der Waals surface area contributed by atoms with Gasteiger partial charge < -0.3 is 14.7 Å². The van der Waals surface area contributed by atoms with Crippen LogP contribution in [0.25, 0.3) is 0 Å². The molecule has 1 saturated heterocycles. The van der Waals surface area contributed by atoms with Gasteiger partial charge in [0.25, 0.3) is 0 Å². The molecule has 0 spiro atoms. The van der Waals surface area contributed by atoms with Crippen molar-refractivity contribution in [2.45, 2.75) is 58.9 Å². The largest absolute Gasteiger partial charge is 0.361 e. The van der Waals surface area contributed by atoms with Crippen molar-refractivity contribution >= 4 is 11.8 Å². The van der Waals surface area contributed by atoms with Crippen LogP contribution in [0.1, 0.15) is 54.7 Å². The normalized spacial score (nSPS) is 16.5. The second-order valence-electron chi connectivity index (χ2n) is 8.06. The molecule has 2 amide bonds. The Morgan fingerprint density at radius 1 is 1.27 bits per heavy atom. The highest BCUT2D eigenvalue weighted by Crippen LogP contribution is 2.22. The van der Waals surface area contributed by atoms with Crippen molar-refractivity contribution in [3.63, 3.8) is 0 Å². The van der Waals surface area contributed by atoms with Crippen LogP contribution in [0, 0.1) is 25.6 Å². The minimum atomic E-state index is -0.309. The van der Waals surface area contributed by atoms with Crippen molar-refractivity contribution in [3.05, 3.63) is 52.7 Å². The zero-order valence-electron chi connectivity index (χ0n) is 17.7. The third-order valence-electron chi connectivity index (χ3n) is 5.86. The number of piperidine rings is 1. The number of aromatic nitrogens is 1. The number of rotatable bonds is 8. The molecule has 0 bridgehead atoms. The molecule has 7 heteroatoms. The summed E-state index contributed by atoms with van der Waals surface area (Å²) in [5.74, 6) is 0.846. The molecule has 1 aliphatic rings. The van der Waals surface area contributed by atoms with Crippen molar-refractivity contribution in [2.24, 2.45) is 5.92 Å². The van der Waals surface area contributed by atoms with Gasteiger partial charge in [-0.25, -0.2) is 4.39 Å². The van der Waals surface area contributed by atoms with Gasteiger partial charge in [0.05, 0.1) is 5.69 Å². The molecule has 162 valence electrons. The average molecular weight is 416 g/mol. The van der Waals surface area contributed by atoms with Gasteiger partial charge in [-0.2, -0.15) is 0 Å². The molecule has 1 aliphatic heterocycles. The number of amides is 2. The van der Waals surface area contributed by atoms with E-state index in [0.717, 1.165) is 42.8 Å². The van der Waals surface area contributed by atoms with Gasteiger partial charge in [-0.15, -0.1) is 0 Å². The number of carbonyl (C=O) groups excluding carboxylic acids is 2. The third kappa shape index (κ3) is 5.90. The molecule has 1 atom stereocenters. The van der Waals surface area contributed by atoms with E-state index in [4.69, 9.17) is 4.52 Å². The lowest BCUT2D eigenvalue weighted by Gasteiger charge is -2.33. The highest BCUT2D eigenvalue weighted by molar-refractivity contribution is 5.77. The molecule has 2 heterocycles. The van der Waals surface area contributed by atoms with Crippen LogP contribution >= 0.6 is 0 Å². The molecule has 30 heavy (non-hydrogen) atoms. The first-order valence-electron chi connectivity index (χ1n) is 10.6. The Morgan fingerprint density at radius 3 is 2.80 bits per heavy atom. The van der Waals surface area contributed by atoms with E-state index in [1.54, 1.807) is 18.2 Å². The van der Waals surface area contributed by atoms with Crippen LogP contribution < -0.4 is 5.32 Å². The summed E-state index contributed by atoms with van der Waals surface area (Å²) in [6.07, 6.45) is 4.18. The van der Waals surface area contributed by atoms with E-state index in [1.807, 2.05) is 18.7 Å².